The van der Waals surface area contributed by atoms with Crippen molar-refractivity contribution >= 4 is 5.84 Å². The van der Waals surface area contributed by atoms with Crippen LogP contribution in [0.4, 0.5) is 0 Å². The van der Waals surface area contributed by atoms with Crippen molar-refractivity contribution in [2.75, 3.05) is 13.6 Å². The molecule has 3 N–H and O–H groups in total. The maximum absolute atomic E-state index is 7.28. The molecule has 0 atom stereocenters. The molecule has 1 aromatic rings. The van der Waals surface area contributed by atoms with Gasteiger partial charge in [0, 0.05) is 12.1 Å². The smallest absolute Gasteiger partial charge is 0.122 e. The van der Waals surface area contributed by atoms with E-state index in [9.17, 15) is 0 Å². The Morgan fingerprint density at radius 2 is 1.93 bits per heavy atom. The summed E-state index contributed by atoms with van der Waals surface area (Å²) in [5.74, 6) is 0.128. The van der Waals surface area contributed by atoms with Gasteiger partial charge in [-0.05, 0) is 25.6 Å². The minimum atomic E-state index is 0.128. The minimum absolute atomic E-state index is 0.128. The van der Waals surface area contributed by atoms with Gasteiger partial charge in [-0.2, -0.15) is 0 Å². The zero-order valence-electron chi connectivity index (χ0n) is 9.46. The van der Waals surface area contributed by atoms with E-state index in [1.807, 2.05) is 24.3 Å². The van der Waals surface area contributed by atoms with Crippen molar-refractivity contribution in [2.45, 2.75) is 19.9 Å². The molecule has 0 heterocycles. The molecule has 0 aliphatic heterocycles. The van der Waals surface area contributed by atoms with Crippen LogP contribution in [-0.2, 0) is 6.54 Å². The van der Waals surface area contributed by atoms with Crippen molar-refractivity contribution in [1.29, 1.82) is 5.41 Å². The summed E-state index contributed by atoms with van der Waals surface area (Å²) in [6.45, 7) is 4.23. The number of nitrogen functional groups attached to an aromatic ring is 1. The normalized spacial score (nSPS) is 10.6. The van der Waals surface area contributed by atoms with Gasteiger partial charge in [-0.1, -0.05) is 31.2 Å². The van der Waals surface area contributed by atoms with E-state index >= 15 is 0 Å². The van der Waals surface area contributed by atoms with Crippen LogP contribution >= 0.6 is 0 Å². The third-order valence-electron chi connectivity index (χ3n) is 2.32. The second kappa shape index (κ2) is 5.51. The average molecular weight is 205 g/mol. The molecule has 0 aliphatic carbocycles. The van der Waals surface area contributed by atoms with Crippen molar-refractivity contribution in [2.24, 2.45) is 5.73 Å². The fraction of sp³-hybridized carbons (Fsp3) is 0.417. The fourth-order valence-electron chi connectivity index (χ4n) is 1.56. The molecule has 82 valence electrons. The van der Waals surface area contributed by atoms with E-state index in [1.165, 1.54) is 12.0 Å². The monoisotopic (exact) mass is 205 g/mol. The SMILES string of the molecule is CCCN(C)Cc1ccc(C(=N)N)cc1. The molecule has 0 radical (unpaired) electrons. The average Bonchev–Trinajstić information content (AvgIpc) is 2.18. The fourth-order valence-corrected chi connectivity index (χ4v) is 1.56. The molecule has 0 aromatic heterocycles. The molecule has 15 heavy (non-hydrogen) atoms. The number of nitrogens with two attached hydrogens (primary N) is 1. The van der Waals surface area contributed by atoms with Crippen LogP contribution in [-0.4, -0.2) is 24.3 Å². The quantitative estimate of drug-likeness (QED) is 0.569. The molecule has 0 bridgehead atoms. The maximum Gasteiger partial charge on any atom is 0.122 e. The first-order chi connectivity index (χ1) is 7.13. The summed E-state index contributed by atoms with van der Waals surface area (Å²) in [5, 5.41) is 7.28. The summed E-state index contributed by atoms with van der Waals surface area (Å²) in [4.78, 5) is 2.28. The third-order valence-corrected chi connectivity index (χ3v) is 2.32. The highest BCUT2D eigenvalue weighted by atomic mass is 15.1. The molecule has 0 aliphatic rings. The van der Waals surface area contributed by atoms with Gasteiger partial charge < -0.3 is 10.6 Å². The van der Waals surface area contributed by atoms with Crippen LogP contribution in [0, 0.1) is 5.41 Å². The van der Waals surface area contributed by atoms with Gasteiger partial charge in [0.2, 0.25) is 0 Å². The zero-order chi connectivity index (χ0) is 11.3. The van der Waals surface area contributed by atoms with Crippen molar-refractivity contribution in [3.05, 3.63) is 35.4 Å². The van der Waals surface area contributed by atoms with Crippen LogP contribution in [0.3, 0.4) is 0 Å². The topological polar surface area (TPSA) is 53.1 Å². The van der Waals surface area contributed by atoms with Crippen LogP contribution in [0.5, 0.6) is 0 Å². The zero-order valence-corrected chi connectivity index (χ0v) is 9.46. The van der Waals surface area contributed by atoms with Gasteiger partial charge in [0.15, 0.2) is 0 Å². The Balaban J connectivity index is 2.60. The Kier molecular flexibility index (Phi) is 4.31. The van der Waals surface area contributed by atoms with E-state index in [2.05, 4.69) is 18.9 Å². The van der Waals surface area contributed by atoms with E-state index in [4.69, 9.17) is 11.1 Å². The van der Waals surface area contributed by atoms with E-state index in [1.54, 1.807) is 0 Å². The van der Waals surface area contributed by atoms with Gasteiger partial charge in [-0.25, -0.2) is 0 Å². The Morgan fingerprint density at radius 3 is 2.40 bits per heavy atom. The molecule has 0 saturated carbocycles. The number of nitrogens with one attached hydrogen (secondary N) is 1. The molecule has 0 saturated heterocycles. The third kappa shape index (κ3) is 3.72. The van der Waals surface area contributed by atoms with Crippen LogP contribution in [0.2, 0.25) is 0 Å². The lowest BCUT2D eigenvalue weighted by atomic mass is 10.1. The van der Waals surface area contributed by atoms with Crippen LogP contribution in [0.1, 0.15) is 24.5 Å². The van der Waals surface area contributed by atoms with Crippen LogP contribution in [0.25, 0.3) is 0 Å². The van der Waals surface area contributed by atoms with Crippen molar-refractivity contribution in [3.63, 3.8) is 0 Å². The molecular weight excluding hydrogens is 186 g/mol. The number of amidine groups is 1. The van der Waals surface area contributed by atoms with E-state index in [-0.39, 0.29) is 5.84 Å². The van der Waals surface area contributed by atoms with Gasteiger partial charge in [0.05, 0.1) is 0 Å². The first-order valence-electron chi connectivity index (χ1n) is 5.25. The molecule has 3 heteroatoms. The largest absolute Gasteiger partial charge is 0.384 e. The minimum Gasteiger partial charge on any atom is -0.384 e. The molecule has 0 amide bonds. The van der Waals surface area contributed by atoms with Gasteiger partial charge >= 0.3 is 0 Å². The highest BCUT2D eigenvalue weighted by molar-refractivity contribution is 5.94. The van der Waals surface area contributed by atoms with Crippen LogP contribution < -0.4 is 5.73 Å². The molecular formula is C12H19N3. The second-order valence-corrected chi connectivity index (χ2v) is 3.85. The number of rotatable bonds is 5. The highest BCUT2D eigenvalue weighted by Crippen LogP contribution is 2.06. The summed E-state index contributed by atoms with van der Waals surface area (Å²) >= 11 is 0. The Bertz CT molecular complexity index is 316. The number of benzene rings is 1. The first-order valence-corrected chi connectivity index (χ1v) is 5.25. The summed E-state index contributed by atoms with van der Waals surface area (Å²) in [5.41, 5.74) is 7.43. The number of hydrogen-bond acceptors (Lipinski definition) is 2. The number of nitrogens with zero attached hydrogens (tertiary/aromatic N) is 1. The molecule has 0 spiro atoms. The lowest BCUT2D eigenvalue weighted by Gasteiger charge is -2.15. The van der Waals surface area contributed by atoms with Crippen LogP contribution in [0.15, 0.2) is 24.3 Å². The Labute approximate surface area is 91.4 Å². The molecule has 3 nitrogen and oxygen atoms in total. The lowest BCUT2D eigenvalue weighted by molar-refractivity contribution is 0.327. The number of hydrogen-bond donors (Lipinski definition) is 2. The summed E-state index contributed by atoms with van der Waals surface area (Å²) in [6, 6.07) is 7.86. The maximum atomic E-state index is 7.28. The van der Waals surface area contributed by atoms with Crippen molar-refractivity contribution < 1.29 is 0 Å². The standard InChI is InChI=1S/C12H19N3/c1-3-8-15(2)9-10-4-6-11(7-5-10)12(13)14/h4-7H,3,8-9H2,1-2H3,(H3,13,14). The van der Waals surface area contributed by atoms with E-state index < -0.39 is 0 Å². The second-order valence-electron chi connectivity index (χ2n) is 3.85. The Morgan fingerprint density at radius 1 is 1.33 bits per heavy atom. The molecule has 0 fully saturated rings. The lowest BCUT2D eigenvalue weighted by Crippen LogP contribution is -2.18. The predicted octanol–water partition coefficient (Wildman–Crippen LogP) is 1.81. The van der Waals surface area contributed by atoms with Gasteiger partial charge in [0.25, 0.3) is 0 Å². The highest BCUT2D eigenvalue weighted by Gasteiger charge is 2.00. The molecule has 0 unspecified atom stereocenters. The van der Waals surface area contributed by atoms with Crippen molar-refractivity contribution in [3.8, 4) is 0 Å². The summed E-state index contributed by atoms with van der Waals surface area (Å²) in [6.07, 6.45) is 1.17. The molecule has 1 rings (SSSR count). The van der Waals surface area contributed by atoms with Gasteiger partial charge in [-0.3, -0.25) is 5.41 Å². The Hall–Kier alpha value is -1.35. The summed E-state index contributed by atoms with van der Waals surface area (Å²) < 4.78 is 0. The van der Waals surface area contributed by atoms with E-state index in [0.29, 0.717) is 0 Å². The van der Waals surface area contributed by atoms with E-state index in [0.717, 1.165) is 18.7 Å². The van der Waals surface area contributed by atoms with Crippen molar-refractivity contribution in [1.82, 2.24) is 4.90 Å². The predicted molar refractivity (Wildman–Crippen MR) is 64.1 cm³/mol. The van der Waals surface area contributed by atoms with Gasteiger partial charge in [-0.15, -0.1) is 0 Å². The molecule has 1 aromatic carbocycles. The first kappa shape index (κ1) is 11.7. The van der Waals surface area contributed by atoms with Gasteiger partial charge in [0.1, 0.15) is 5.84 Å². The summed E-state index contributed by atoms with van der Waals surface area (Å²) in [7, 11) is 2.11.